The Bertz CT molecular complexity index is 493. The van der Waals surface area contributed by atoms with E-state index in [2.05, 4.69) is 5.32 Å². The van der Waals surface area contributed by atoms with Gasteiger partial charge in [-0.2, -0.15) is 0 Å². The number of amides is 2. The monoisotopic (exact) mass is 284 g/mol. The van der Waals surface area contributed by atoms with Crippen LogP contribution in [0.25, 0.3) is 0 Å². The summed E-state index contributed by atoms with van der Waals surface area (Å²) in [6.07, 6.45) is 0.662. The molecule has 0 saturated heterocycles. The molecule has 0 unspecified atom stereocenters. The second-order valence-electron chi connectivity index (χ2n) is 4.19. The minimum absolute atomic E-state index is 0.0579. The lowest BCUT2D eigenvalue weighted by atomic mass is 10.1. The molecule has 0 aliphatic rings. The van der Waals surface area contributed by atoms with Gasteiger partial charge in [0.15, 0.2) is 0 Å². The van der Waals surface area contributed by atoms with Crippen LogP contribution in [0.1, 0.15) is 16.8 Å². The van der Waals surface area contributed by atoms with Crippen LogP contribution >= 0.6 is 0 Å². The highest BCUT2D eigenvalue weighted by Crippen LogP contribution is 2.17. The van der Waals surface area contributed by atoms with Crippen molar-refractivity contribution in [2.75, 3.05) is 32.6 Å². The molecule has 7 heteroatoms. The first-order valence-corrected chi connectivity index (χ1v) is 5.99. The number of aromatic carboxylic acids is 1. The number of rotatable bonds is 6. The van der Waals surface area contributed by atoms with Crippen LogP contribution in [0.2, 0.25) is 0 Å². The molecule has 0 radical (unpaired) electrons. The molecule has 0 heterocycles. The van der Waals surface area contributed by atoms with Crippen molar-refractivity contribution < 1.29 is 23.8 Å². The summed E-state index contributed by atoms with van der Waals surface area (Å²) in [5.41, 5.74) is -0.230. The highest BCUT2D eigenvalue weighted by Gasteiger charge is 2.15. The number of hydrogen-bond acceptors (Lipinski definition) is 3. The number of carboxylic acids is 1. The normalized spacial score (nSPS) is 10.2. The molecule has 110 valence electrons. The van der Waals surface area contributed by atoms with Crippen LogP contribution in [-0.4, -0.2) is 49.3 Å². The van der Waals surface area contributed by atoms with Crippen molar-refractivity contribution in [3.05, 3.63) is 29.6 Å². The molecule has 0 atom stereocenters. The number of nitrogens with one attached hydrogen (secondary N) is 1. The number of benzene rings is 1. The molecule has 0 aliphatic carbocycles. The third-order valence-corrected chi connectivity index (χ3v) is 2.64. The second-order valence-corrected chi connectivity index (χ2v) is 4.19. The molecule has 20 heavy (non-hydrogen) atoms. The molecule has 0 aromatic heterocycles. The van der Waals surface area contributed by atoms with E-state index in [-0.39, 0.29) is 11.3 Å². The summed E-state index contributed by atoms with van der Waals surface area (Å²) in [7, 11) is 3.15. The van der Waals surface area contributed by atoms with E-state index in [0.29, 0.717) is 19.6 Å². The summed E-state index contributed by atoms with van der Waals surface area (Å²) < 4.78 is 17.9. The molecule has 0 bridgehead atoms. The van der Waals surface area contributed by atoms with Crippen LogP contribution in [0.3, 0.4) is 0 Å². The number of ether oxygens (including phenoxy) is 1. The van der Waals surface area contributed by atoms with Crippen molar-refractivity contribution in [3.63, 3.8) is 0 Å². The average Bonchev–Trinajstić information content (AvgIpc) is 2.40. The first kappa shape index (κ1) is 15.9. The van der Waals surface area contributed by atoms with Gasteiger partial charge in [-0.25, -0.2) is 14.0 Å². The number of carbonyl (C=O) groups is 2. The van der Waals surface area contributed by atoms with Gasteiger partial charge >= 0.3 is 12.0 Å². The van der Waals surface area contributed by atoms with E-state index in [9.17, 15) is 14.0 Å². The minimum Gasteiger partial charge on any atom is -0.478 e. The van der Waals surface area contributed by atoms with Crippen LogP contribution in [-0.2, 0) is 4.74 Å². The maximum Gasteiger partial charge on any atom is 0.337 e. The third-order valence-electron chi connectivity index (χ3n) is 2.64. The lowest BCUT2D eigenvalue weighted by molar-refractivity contribution is 0.0697. The SMILES string of the molecule is COCCCN(C)C(=O)Nc1ccc(F)cc1C(=O)O. The van der Waals surface area contributed by atoms with E-state index in [1.165, 1.54) is 11.0 Å². The van der Waals surface area contributed by atoms with Gasteiger partial charge in [0.05, 0.1) is 11.3 Å². The Morgan fingerprint density at radius 3 is 2.75 bits per heavy atom. The highest BCUT2D eigenvalue weighted by molar-refractivity contribution is 5.99. The number of hydrogen-bond donors (Lipinski definition) is 2. The molecular formula is C13H17FN2O4. The zero-order valence-electron chi connectivity index (χ0n) is 11.4. The summed E-state index contributed by atoms with van der Waals surface area (Å²) in [6, 6.07) is 2.71. The van der Waals surface area contributed by atoms with Crippen molar-refractivity contribution in [2.45, 2.75) is 6.42 Å². The third kappa shape index (κ3) is 4.51. The smallest absolute Gasteiger partial charge is 0.337 e. The minimum atomic E-state index is -1.30. The molecule has 1 rings (SSSR count). The van der Waals surface area contributed by atoms with Crippen LogP contribution in [0.4, 0.5) is 14.9 Å². The number of nitrogens with zero attached hydrogens (tertiary/aromatic N) is 1. The lowest BCUT2D eigenvalue weighted by Gasteiger charge is -2.18. The van der Waals surface area contributed by atoms with Crippen molar-refractivity contribution in [1.29, 1.82) is 0 Å². The number of urea groups is 1. The standard InChI is InChI=1S/C13H17FN2O4/c1-16(6-3-7-20-2)13(19)15-11-5-4-9(14)8-10(11)12(17)18/h4-5,8H,3,6-7H2,1-2H3,(H,15,19)(H,17,18). The van der Waals surface area contributed by atoms with Gasteiger partial charge in [-0.3, -0.25) is 0 Å². The fourth-order valence-electron chi connectivity index (χ4n) is 1.56. The molecule has 6 nitrogen and oxygen atoms in total. The largest absolute Gasteiger partial charge is 0.478 e. The fraction of sp³-hybridized carbons (Fsp3) is 0.385. The van der Waals surface area contributed by atoms with Gasteiger partial charge in [-0.05, 0) is 24.6 Å². The molecule has 1 aromatic carbocycles. The topological polar surface area (TPSA) is 78.9 Å². The van der Waals surface area contributed by atoms with Gasteiger partial charge in [0.2, 0.25) is 0 Å². The molecule has 0 fully saturated rings. The van der Waals surface area contributed by atoms with Gasteiger partial charge in [-0.15, -0.1) is 0 Å². The number of anilines is 1. The Balaban J connectivity index is 2.72. The predicted octanol–water partition coefficient (Wildman–Crippen LogP) is 2.02. The van der Waals surface area contributed by atoms with Crippen LogP contribution in [0.15, 0.2) is 18.2 Å². The Morgan fingerprint density at radius 1 is 1.45 bits per heavy atom. The summed E-state index contributed by atoms with van der Waals surface area (Å²) in [5.74, 6) is -1.98. The molecule has 0 spiro atoms. The summed E-state index contributed by atoms with van der Waals surface area (Å²) >= 11 is 0. The van der Waals surface area contributed by atoms with Crippen molar-refractivity contribution >= 4 is 17.7 Å². The molecule has 0 aliphatic heterocycles. The second kappa shape index (κ2) is 7.44. The van der Waals surface area contributed by atoms with Crippen LogP contribution in [0.5, 0.6) is 0 Å². The van der Waals surface area contributed by atoms with Crippen molar-refractivity contribution in [3.8, 4) is 0 Å². The van der Waals surface area contributed by atoms with E-state index in [0.717, 1.165) is 12.1 Å². The fourth-order valence-corrected chi connectivity index (χ4v) is 1.56. The maximum absolute atomic E-state index is 13.0. The maximum atomic E-state index is 13.0. The summed E-state index contributed by atoms with van der Waals surface area (Å²) in [5, 5.41) is 11.4. The zero-order chi connectivity index (χ0) is 15.1. The van der Waals surface area contributed by atoms with Gasteiger partial charge < -0.3 is 20.1 Å². The molecule has 0 saturated carbocycles. The van der Waals surface area contributed by atoms with Crippen molar-refractivity contribution in [2.24, 2.45) is 0 Å². The van der Waals surface area contributed by atoms with Crippen molar-refractivity contribution in [1.82, 2.24) is 4.90 Å². The van der Waals surface area contributed by atoms with E-state index in [4.69, 9.17) is 9.84 Å². The summed E-state index contributed by atoms with van der Waals surface area (Å²) in [6.45, 7) is 0.984. The number of halogens is 1. The van der Waals surface area contributed by atoms with E-state index >= 15 is 0 Å². The molecule has 1 aromatic rings. The summed E-state index contributed by atoms with van der Waals surface area (Å²) in [4.78, 5) is 24.2. The average molecular weight is 284 g/mol. The molecule has 2 N–H and O–H groups in total. The first-order valence-electron chi connectivity index (χ1n) is 5.99. The van der Waals surface area contributed by atoms with Gasteiger partial charge in [-0.1, -0.05) is 0 Å². The Hall–Kier alpha value is -2.15. The lowest BCUT2D eigenvalue weighted by Crippen LogP contribution is -2.33. The molecule has 2 amide bonds. The Morgan fingerprint density at radius 2 is 2.15 bits per heavy atom. The molecular weight excluding hydrogens is 267 g/mol. The van der Waals surface area contributed by atoms with Gasteiger partial charge in [0.1, 0.15) is 5.82 Å². The number of methoxy groups -OCH3 is 1. The van der Waals surface area contributed by atoms with Gasteiger partial charge in [0.25, 0.3) is 0 Å². The van der Waals surface area contributed by atoms with E-state index in [1.54, 1.807) is 14.2 Å². The van der Waals surface area contributed by atoms with Gasteiger partial charge in [0, 0.05) is 27.3 Å². The Kier molecular flexibility index (Phi) is 5.92. The quantitative estimate of drug-likeness (QED) is 0.783. The van der Waals surface area contributed by atoms with E-state index < -0.39 is 17.8 Å². The van der Waals surface area contributed by atoms with Crippen LogP contribution < -0.4 is 5.32 Å². The first-order chi connectivity index (χ1) is 9.45. The Labute approximate surface area is 116 Å². The highest BCUT2D eigenvalue weighted by atomic mass is 19.1. The predicted molar refractivity (Wildman–Crippen MR) is 71.5 cm³/mol. The number of carboxylic acid groups (broad SMARTS) is 1. The number of carbonyl (C=O) groups excluding carboxylic acids is 1. The van der Waals surface area contributed by atoms with E-state index in [1.807, 2.05) is 0 Å². The zero-order valence-corrected chi connectivity index (χ0v) is 11.4. The van der Waals surface area contributed by atoms with Crippen LogP contribution in [0, 0.1) is 5.82 Å².